The highest BCUT2D eigenvalue weighted by molar-refractivity contribution is 7.11. The first-order valence-corrected chi connectivity index (χ1v) is 11.4. The lowest BCUT2D eigenvalue weighted by atomic mass is 10.0. The number of nitrogens with one attached hydrogen (secondary N) is 2. The van der Waals surface area contributed by atoms with Crippen molar-refractivity contribution >= 4 is 23.4 Å². The number of aromatic nitrogens is 1. The van der Waals surface area contributed by atoms with Crippen molar-refractivity contribution in [2.24, 2.45) is 4.99 Å². The third-order valence-electron chi connectivity index (χ3n) is 5.34. The number of carbonyl (C=O) groups is 1. The van der Waals surface area contributed by atoms with E-state index in [9.17, 15) is 4.79 Å². The van der Waals surface area contributed by atoms with Gasteiger partial charge in [-0.05, 0) is 51.9 Å². The summed E-state index contributed by atoms with van der Waals surface area (Å²) in [5, 5.41) is 8.18. The summed E-state index contributed by atoms with van der Waals surface area (Å²) in [6.07, 6.45) is 8.68. The first-order valence-electron chi connectivity index (χ1n) is 10.6. The van der Waals surface area contributed by atoms with Crippen molar-refractivity contribution in [2.75, 3.05) is 33.3 Å². The van der Waals surface area contributed by atoms with E-state index in [0.29, 0.717) is 12.6 Å². The number of guanidine groups is 1. The fourth-order valence-electron chi connectivity index (χ4n) is 3.77. The number of hydrogen-bond acceptors (Lipinski definition) is 5. The zero-order valence-electron chi connectivity index (χ0n) is 17.1. The molecule has 156 valence electrons. The third-order valence-corrected chi connectivity index (χ3v) is 6.55. The van der Waals surface area contributed by atoms with E-state index in [0.717, 1.165) is 57.7 Å². The summed E-state index contributed by atoms with van der Waals surface area (Å²) < 4.78 is 5.07. The van der Waals surface area contributed by atoms with Crippen LogP contribution >= 0.6 is 11.3 Å². The van der Waals surface area contributed by atoms with Gasteiger partial charge in [-0.3, -0.25) is 4.99 Å². The molecule has 0 spiro atoms. The molecule has 8 heteroatoms. The Kier molecular flexibility index (Phi) is 7.94. The van der Waals surface area contributed by atoms with E-state index in [4.69, 9.17) is 9.72 Å². The summed E-state index contributed by atoms with van der Waals surface area (Å²) in [7, 11) is 1.80. The Morgan fingerprint density at radius 2 is 2.11 bits per heavy atom. The second-order valence-corrected chi connectivity index (χ2v) is 8.56. The number of nitrogens with zero attached hydrogens (tertiary/aromatic N) is 3. The molecule has 1 saturated heterocycles. The van der Waals surface area contributed by atoms with Crippen LogP contribution in [0, 0.1) is 0 Å². The van der Waals surface area contributed by atoms with Gasteiger partial charge in [-0.15, -0.1) is 11.3 Å². The molecular weight excluding hydrogens is 374 g/mol. The van der Waals surface area contributed by atoms with Crippen LogP contribution in [0.1, 0.15) is 54.6 Å². The lowest BCUT2D eigenvalue weighted by Gasteiger charge is -2.32. The first-order chi connectivity index (χ1) is 13.7. The van der Waals surface area contributed by atoms with Crippen LogP contribution < -0.4 is 10.6 Å². The standard InChI is InChI=1S/C20H33N5O2S/c1-3-27-20(26)25-13-10-15(11-14-25)23-19(21-2)22-12-6-9-18-24-16-7-4-5-8-17(16)28-18/h15H,3-14H2,1-2H3,(H2,21,22,23). The molecule has 0 atom stereocenters. The molecule has 2 heterocycles. The quantitative estimate of drug-likeness (QED) is 0.431. The number of rotatable bonds is 6. The van der Waals surface area contributed by atoms with Gasteiger partial charge in [-0.2, -0.15) is 0 Å². The number of ether oxygens (including phenoxy) is 1. The number of thiazole rings is 1. The van der Waals surface area contributed by atoms with Crippen molar-refractivity contribution in [3.63, 3.8) is 0 Å². The molecule has 1 aromatic heterocycles. The first kappa shape index (κ1) is 20.9. The molecule has 2 aliphatic rings. The Hall–Kier alpha value is -1.83. The maximum absolute atomic E-state index is 11.8. The number of hydrogen-bond donors (Lipinski definition) is 2. The van der Waals surface area contributed by atoms with Crippen molar-refractivity contribution in [3.8, 4) is 0 Å². The fraction of sp³-hybridized carbons (Fsp3) is 0.750. The van der Waals surface area contributed by atoms with E-state index in [1.807, 2.05) is 18.3 Å². The molecular formula is C20H33N5O2S. The molecule has 1 aliphatic heterocycles. The maximum Gasteiger partial charge on any atom is 0.409 e. The smallest absolute Gasteiger partial charge is 0.409 e. The van der Waals surface area contributed by atoms with Gasteiger partial charge in [-0.25, -0.2) is 9.78 Å². The van der Waals surface area contributed by atoms with Crippen LogP contribution in [0.15, 0.2) is 4.99 Å². The van der Waals surface area contributed by atoms with E-state index in [2.05, 4.69) is 15.6 Å². The van der Waals surface area contributed by atoms with Crippen molar-refractivity contribution in [1.29, 1.82) is 0 Å². The Morgan fingerprint density at radius 1 is 1.32 bits per heavy atom. The minimum atomic E-state index is -0.202. The van der Waals surface area contributed by atoms with Crippen LogP contribution in [-0.2, 0) is 24.0 Å². The SMILES string of the molecule is CCOC(=O)N1CCC(NC(=NC)NCCCc2nc3c(s2)CCCC3)CC1. The summed E-state index contributed by atoms with van der Waals surface area (Å²) in [6, 6.07) is 0.336. The normalized spacial score (nSPS) is 17.9. The number of piperidine rings is 1. The Labute approximate surface area is 172 Å². The van der Waals surface area contributed by atoms with E-state index >= 15 is 0 Å². The minimum Gasteiger partial charge on any atom is -0.450 e. The van der Waals surface area contributed by atoms with Gasteiger partial charge < -0.3 is 20.3 Å². The molecule has 28 heavy (non-hydrogen) atoms. The van der Waals surface area contributed by atoms with Crippen LogP contribution in [0.25, 0.3) is 0 Å². The second-order valence-electron chi connectivity index (χ2n) is 7.39. The molecule has 0 aromatic carbocycles. The summed E-state index contributed by atoms with van der Waals surface area (Å²) in [6.45, 7) is 4.60. The highest BCUT2D eigenvalue weighted by atomic mass is 32.1. The van der Waals surface area contributed by atoms with Gasteiger partial charge in [0.25, 0.3) is 0 Å². The van der Waals surface area contributed by atoms with Crippen molar-refractivity contribution < 1.29 is 9.53 Å². The lowest BCUT2D eigenvalue weighted by Crippen LogP contribution is -2.50. The zero-order valence-corrected chi connectivity index (χ0v) is 17.9. The molecule has 1 aliphatic carbocycles. The molecule has 1 amide bonds. The fourth-order valence-corrected chi connectivity index (χ4v) is 4.97. The Morgan fingerprint density at radius 3 is 2.82 bits per heavy atom. The molecule has 0 radical (unpaired) electrons. The summed E-state index contributed by atoms with van der Waals surface area (Å²) in [5.41, 5.74) is 1.35. The van der Waals surface area contributed by atoms with Gasteiger partial charge in [0.1, 0.15) is 0 Å². The molecule has 2 N–H and O–H groups in total. The topological polar surface area (TPSA) is 78.8 Å². The van der Waals surface area contributed by atoms with Crippen LogP contribution in [-0.4, -0.2) is 61.3 Å². The molecule has 3 rings (SSSR count). The average molecular weight is 408 g/mol. The monoisotopic (exact) mass is 407 g/mol. The van der Waals surface area contributed by atoms with E-state index < -0.39 is 0 Å². The second kappa shape index (κ2) is 10.6. The number of aliphatic imine (C=N–C) groups is 1. The predicted molar refractivity (Wildman–Crippen MR) is 113 cm³/mol. The molecule has 0 unspecified atom stereocenters. The highest BCUT2D eigenvalue weighted by Crippen LogP contribution is 2.27. The zero-order chi connectivity index (χ0) is 19.8. The number of likely N-dealkylation sites (tertiary alicyclic amines) is 1. The van der Waals surface area contributed by atoms with Crippen molar-refractivity contribution in [1.82, 2.24) is 20.5 Å². The highest BCUT2D eigenvalue weighted by Gasteiger charge is 2.24. The van der Waals surface area contributed by atoms with Gasteiger partial charge in [0.2, 0.25) is 0 Å². The summed E-state index contributed by atoms with van der Waals surface area (Å²) >= 11 is 1.91. The van der Waals surface area contributed by atoms with Crippen LogP contribution in [0.5, 0.6) is 0 Å². The van der Waals surface area contributed by atoms with Crippen molar-refractivity contribution in [3.05, 3.63) is 15.6 Å². The average Bonchev–Trinajstić information content (AvgIpc) is 3.13. The van der Waals surface area contributed by atoms with Crippen LogP contribution in [0.4, 0.5) is 4.79 Å². The number of carbonyl (C=O) groups excluding carboxylic acids is 1. The largest absolute Gasteiger partial charge is 0.450 e. The predicted octanol–water partition coefficient (Wildman–Crippen LogP) is 2.74. The van der Waals surface area contributed by atoms with E-state index in [1.165, 1.54) is 34.8 Å². The summed E-state index contributed by atoms with van der Waals surface area (Å²) in [4.78, 5) is 24.2. The van der Waals surface area contributed by atoms with E-state index in [1.54, 1.807) is 11.9 Å². The van der Waals surface area contributed by atoms with E-state index in [-0.39, 0.29) is 6.09 Å². The van der Waals surface area contributed by atoms with Gasteiger partial charge in [0.05, 0.1) is 17.3 Å². The van der Waals surface area contributed by atoms with Crippen molar-refractivity contribution in [2.45, 2.75) is 64.3 Å². The van der Waals surface area contributed by atoms with Gasteiger partial charge in [0, 0.05) is 44.0 Å². The minimum absolute atomic E-state index is 0.202. The molecule has 7 nitrogen and oxygen atoms in total. The molecule has 1 aromatic rings. The molecule has 0 saturated carbocycles. The van der Waals surface area contributed by atoms with Crippen LogP contribution in [0.2, 0.25) is 0 Å². The Balaban J connectivity index is 1.34. The Bertz CT molecular complexity index is 644. The summed E-state index contributed by atoms with van der Waals surface area (Å²) in [5.74, 6) is 0.841. The number of fused-ring (bicyclic) bond motifs is 1. The number of amides is 1. The maximum atomic E-state index is 11.8. The van der Waals surface area contributed by atoms with Crippen LogP contribution in [0.3, 0.4) is 0 Å². The molecule has 0 bridgehead atoms. The van der Waals surface area contributed by atoms with Gasteiger partial charge in [-0.1, -0.05) is 0 Å². The third kappa shape index (κ3) is 5.83. The number of aryl methyl sites for hydroxylation is 3. The lowest BCUT2D eigenvalue weighted by molar-refractivity contribution is 0.0963. The van der Waals surface area contributed by atoms with Gasteiger partial charge >= 0.3 is 6.09 Å². The molecule has 1 fully saturated rings. The van der Waals surface area contributed by atoms with Gasteiger partial charge in [0.15, 0.2) is 5.96 Å².